The molecule has 0 fully saturated rings. The van der Waals surface area contributed by atoms with Crippen molar-refractivity contribution in [2.45, 2.75) is 13.3 Å². The minimum Gasteiger partial charge on any atom is -0.456 e. The molecule has 1 heterocycles. The number of ether oxygens (including phenoxy) is 1. The molecule has 148 valence electrons. The maximum atomic E-state index is 13.2. The van der Waals surface area contributed by atoms with E-state index in [1.807, 2.05) is 49.4 Å². The Kier molecular flexibility index (Phi) is 6.25. The van der Waals surface area contributed by atoms with Gasteiger partial charge >= 0.3 is 10.0 Å². The van der Waals surface area contributed by atoms with Gasteiger partial charge in [0.05, 0.1) is 5.02 Å². The van der Waals surface area contributed by atoms with Crippen LogP contribution >= 0.6 is 11.6 Å². The highest BCUT2D eigenvalue weighted by molar-refractivity contribution is 7.91. The van der Waals surface area contributed by atoms with Gasteiger partial charge in [0, 0.05) is 24.3 Å². The summed E-state index contributed by atoms with van der Waals surface area (Å²) >= 11 is 6.46. The topological polar surface area (TPSA) is 69.4 Å². The summed E-state index contributed by atoms with van der Waals surface area (Å²) in [6, 6.07) is 14.4. The quantitative estimate of drug-likeness (QED) is 0.666. The standard InChI is InChI=1S/C21H24ClN2O3S/c1-2-13-28(25,26)24(12-6-7-17(15-23)16-24)18-10-11-21(20(22)14-18)27-19-8-4-3-5-9-19/h3-11,14,16H,2,12-13,15,23H2,1H3/q+1. The molecule has 5 nitrogen and oxygen atoms in total. The lowest BCUT2D eigenvalue weighted by molar-refractivity contribution is 0.481. The molecule has 2 aromatic rings. The number of hydrogen-bond acceptors (Lipinski definition) is 4. The van der Waals surface area contributed by atoms with Gasteiger partial charge in [-0.1, -0.05) is 42.8 Å². The fourth-order valence-electron chi connectivity index (χ4n) is 3.22. The van der Waals surface area contributed by atoms with E-state index in [0.717, 1.165) is 5.57 Å². The van der Waals surface area contributed by atoms with Gasteiger partial charge in [0.1, 0.15) is 30.0 Å². The Morgan fingerprint density at radius 3 is 2.57 bits per heavy atom. The molecule has 0 aliphatic carbocycles. The molecule has 0 amide bonds. The van der Waals surface area contributed by atoms with Crippen LogP contribution in [0.5, 0.6) is 11.5 Å². The molecule has 0 saturated carbocycles. The van der Waals surface area contributed by atoms with Crippen LogP contribution in [-0.2, 0) is 10.0 Å². The molecule has 0 radical (unpaired) electrons. The van der Waals surface area contributed by atoms with E-state index in [1.54, 1.807) is 24.4 Å². The molecule has 0 aromatic heterocycles. The first-order valence-corrected chi connectivity index (χ1v) is 11.1. The predicted octanol–water partition coefficient (Wildman–Crippen LogP) is 4.59. The van der Waals surface area contributed by atoms with Gasteiger partial charge in [-0.25, -0.2) is 0 Å². The van der Waals surface area contributed by atoms with E-state index in [9.17, 15) is 8.42 Å². The van der Waals surface area contributed by atoms with Crippen LogP contribution in [0.2, 0.25) is 5.02 Å². The highest BCUT2D eigenvalue weighted by Gasteiger charge is 2.43. The zero-order valence-electron chi connectivity index (χ0n) is 15.7. The van der Waals surface area contributed by atoms with Crippen molar-refractivity contribution in [3.05, 3.63) is 77.5 Å². The molecule has 2 aromatic carbocycles. The van der Waals surface area contributed by atoms with Crippen LogP contribution in [0.1, 0.15) is 13.3 Å². The summed E-state index contributed by atoms with van der Waals surface area (Å²) in [6.45, 7) is 2.41. The monoisotopic (exact) mass is 419 g/mol. The van der Waals surface area contributed by atoms with Gasteiger partial charge in [-0.05, 0) is 30.7 Å². The number of nitrogens with zero attached hydrogens (tertiary/aromatic N) is 1. The molecule has 0 saturated heterocycles. The van der Waals surface area contributed by atoms with Crippen molar-refractivity contribution in [2.75, 3.05) is 18.8 Å². The van der Waals surface area contributed by atoms with Gasteiger partial charge in [0.25, 0.3) is 0 Å². The zero-order valence-corrected chi connectivity index (χ0v) is 17.3. The second-order valence-electron chi connectivity index (χ2n) is 6.60. The summed E-state index contributed by atoms with van der Waals surface area (Å²) < 4.78 is 32.0. The van der Waals surface area contributed by atoms with Crippen molar-refractivity contribution < 1.29 is 13.2 Å². The van der Waals surface area contributed by atoms with Crippen molar-refractivity contribution in [2.24, 2.45) is 5.73 Å². The van der Waals surface area contributed by atoms with Crippen LogP contribution in [-0.4, -0.2) is 27.3 Å². The van der Waals surface area contributed by atoms with Gasteiger partial charge in [-0.3, -0.25) is 0 Å². The van der Waals surface area contributed by atoms with E-state index in [-0.39, 0.29) is 16.2 Å². The Balaban J connectivity index is 2.06. The third kappa shape index (κ3) is 4.00. The van der Waals surface area contributed by atoms with Gasteiger partial charge in [-0.2, -0.15) is 12.3 Å². The molecule has 3 rings (SSSR count). The number of hydrogen-bond donors (Lipinski definition) is 1. The average Bonchev–Trinajstić information content (AvgIpc) is 2.70. The smallest absolute Gasteiger partial charge is 0.306 e. The lowest BCUT2D eigenvalue weighted by Crippen LogP contribution is -2.52. The van der Waals surface area contributed by atoms with Gasteiger partial charge in [0.2, 0.25) is 0 Å². The summed E-state index contributed by atoms with van der Waals surface area (Å²) in [5.41, 5.74) is 7.12. The Morgan fingerprint density at radius 1 is 1.18 bits per heavy atom. The predicted molar refractivity (Wildman–Crippen MR) is 115 cm³/mol. The van der Waals surface area contributed by atoms with Crippen LogP contribution in [0.4, 0.5) is 5.69 Å². The lowest BCUT2D eigenvalue weighted by Gasteiger charge is -2.34. The minimum atomic E-state index is -3.52. The third-order valence-corrected chi connectivity index (χ3v) is 7.28. The Bertz CT molecular complexity index is 1000. The summed E-state index contributed by atoms with van der Waals surface area (Å²) in [5, 5.41) is 0.350. The van der Waals surface area contributed by atoms with Gasteiger partial charge < -0.3 is 10.5 Å². The first kappa shape index (κ1) is 20.6. The van der Waals surface area contributed by atoms with E-state index in [0.29, 0.717) is 35.2 Å². The molecule has 1 atom stereocenters. The Hall–Kier alpha value is -2.12. The lowest BCUT2D eigenvalue weighted by atomic mass is 10.2. The molecule has 1 unspecified atom stereocenters. The highest BCUT2D eigenvalue weighted by atomic mass is 35.5. The van der Waals surface area contributed by atoms with Crippen molar-refractivity contribution >= 4 is 27.3 Å². The third-order valence-electron chi connectivity index (χ3n) is 4.60. The molecule has 7 heteroatoms. The highest BCUT2D eigenvalue weighted by Crippen LogP contribution is 2.39. The molecule has 1 aliphatic rings. The first-order valence-electron chi connectivity index (χ1n) is 9.14. The zero-order chi connectivity index (χ0) is 20.2. The number of sulfonamides is 1. The van der Waals surface area contributed by atoms with E-state index >= 15 is 0 Å². The van der Waals surface area contributed by atoms with Gasteiger partial charge in [-0.15, -0.1) is 0 Å². The largest absolute Gasteiger partial charge is 0.456 e. The number of quaternary nitrogens is 1. The summed E-state index contributed by atoms with van der Waals surface area (Å²) in [4.78, 5) is 0. The van der Waals surface area contributed by atoms with Crippen LogP contribution in [0.3, 0.4) is 0 Å². The molecule has 1 aliphatic heterocycles. The minimum absolute atomic E-state index is 0.0646. The molecule has 0 bridgehead atoms. The number of para-hydroxylation sites is 1. The molecular formula is C21H24ClN2O3S+. The summed E-state index contributed by atoms with van der Waals surface area (Å²) in [6.07, 6.45) is 5.96. The van der Waals surface area contributed by atoms with E-state index in [1.165, 1.54) is 0 Å². The van der Waals surface area contributed by atoms with Crippen molar-refractivity contribution in [3.63, 3.8) is 0 Å². The van der Waals surface area contributed by atoms with Crippen molar-refractivity contribution in [1.29, 1.82) is 0 Å². The Morgan fingerprint density at radius 2 is 1.93 bits per heavy atom. The number of benzene rings is 2. The van der Waals surface area contributed by atoms with Crippen molar-refractivity contribution in [1.82, 2.24) is 3.89 Å². The number of rotatable bonds is 7. The normalized spacial score (nSPS) is 19.3. The van der Waals surface area contributed by atoms with E-state index < -0.39 is 10.0 Å². The fourth-order valence-corrected chi connectivity index (χ4v) is 5.32. The van der Waals surface area contributed by atoms with Crippen LogP contribution in [0, 0.1) is 0 Å². The molecule has 2 N–H and O–H groups in total. The van der Waals surface area contributed by atoms with Crippen molar-refractivity contribution in [3.8, 4) is 11.5 Å². The van der Waals surface area contributed by atoms with Crippen LogP contribution in [0.15, 0.2) is 72.5 Å². The fraction of sp³-hybridized carbons (Fsp3) is 0.238. The van der Waals surface area contributed by atoms with E-state index in [4.69, 9.17) is 22.1 Å². The van der Waals surface area contributed by atoms with Crippen LogP contribution < -0.4 is 14.4 Å². The Labute approximate surface area is 171 Å². The molecule has 28 heavy (non-hydrogen) atoms. The second kappa shape index (κ2) is 8.49. The number of halogens is 1. The first-order chi connectivity index (χ1) is 13.4. The second-order valence-corrected chi connectivity index (χ2v) is 9.24. The maximum absolute atomic E-state index is 13.2. The van der Waals surface area contributed by atoms with E-state index in [2.05, 4.69) is 0 Å². The SMILES string of the molecule is CCCS(=O)(=O)[N+]1(c2ccc(Oc3ccccc3)c(Cl)c2)C=C(CN)C=CC1. The maximum Gasteiger partial charge on any atom is 0.306 e. The molecular weight excluding hydrogens is 396 g/mol. The van der Waals surface area contributed by atoms with Gasteiger partial charge in [0.15, 0.2) is 5.69 Å². The summed E-state index contributed by atoms with van der Waals surface area (Å²) in [7, 11) is -3.52. The summed E-state index contributed by atoms with van der Waals surface area (Å²) in [5.74, 6) is 1.19. The average molecular weight is 420 g/mol. The van der Waals surface area contributed by atoms with Crippen LogP contribution in [0.25, 0.3) is 0 Å². The molecule has 0 spiro atoms. The number of nitrogens with two attached hydrogens (primary N) is 1.